The quantitative estimate of drug-likeness (QED) is 0.696. The lowest BCUT2D eigenvalue weighted by Gasteiger charge is -2.07. The lowest BCUT2D eigenvalue weighted by Crippen LogP contribution is -2.09. The fourth-order valence-electron chi connectivity index (χ4n) is 1.70. The monoisotopic (exact) mass is 287 g/mol. The molecule has 0 atom stereocenters. The Morgan fingerprint density at radius 3 is 2.33 bits per heavy atom. The van der Waals surface area contributed by atoms with Crippen molar-refractivity contribution in [3.63, 3.8) is 0 Å². The molecule has 0 saturated carbocycles. The van der Waals surface area contributed by atoms with Gasteiger partial charge in [-0.05, 0) is 48.9 Å². The standard InChI is InChI=1S/C16H14FNO3/c1-10-3-4-12(9-15(10)17)16(20)21-14-7-5-13(6-8-14)18-11(2)19/h3-9H,1-2H3,(H,18,19). The summed E-state index contributed by atoms with van der Waals surface area (Å²) in [5.41, 5.74) is 1.21. The summed E-state index contributed by atoms with van der Waals surface area (Å²) in [5, 5.41) is 2.60. The van der Waals surface area contributed by atoms with Gasteiger partial charge in [-0.15, -0.1) is 0 Å². The number of esters is 1. The second-order valence-corrected chi connectivity index (χ2v) is 4.56. The lowest BCUT2D eigenvalue weighted by atomic mass is 10.1. The number of amides is 1. The molecule has 5 heteroatoms. The maximum absolute atomic E-state index is 13.4. The molecule has 0 bridgehead atoms. The Hall–Kier alpha value is -2.69. The first-order chi connectivity index (χ1) is 9.95. The van der Waals surface area contributed by atoms with Gasteiger partial charge < -0.3 is 10.1 Å². The molecule has 0 aliphatic heterocycles. The molecule has 1 amide bonds. The van der Waals surface area contributed by atoms with Crippen LogP contribution in [0, 0.1) is 12.7 Å². The molecule has 0 aliphatic rings. The van der Waals surface area contributed by atoms with Gasteiger partial charge in [-0.2, -0.15) is 0 Å². The smallest absolute Gasteiger partial charge is 0.343 e. The minimum atomic E-state index is -0.638. The highest BCUT2D eigenvalue weighted by Gasteiger charge is 2.10. The Morgan fingerprint density at radius 1 is 1.10 bits per heavy atom. The van der Waals surface area contributed by atoms with Gasteiger partial charge in [-0.3, -0.25) is 4.79 Å². The van der Waals surface area contributed by atoms with Crippen molar-refractivity contribution in [2.45, 2.75) is 13.8 Å². The third-order valence-corrected chi connectivity index (χ3v) is 2.79. The summed E-state index contributed by atoms with van der Waals surface area (Å²) in [4.78, 5) is 22.8. The van der Waals surface area contributed by atoms with Crippen molar-refractivity contribution < 1.29 is 18.7 Å². The van der Waals surface area contributed by atoms with Crippen LogP contribution in [-0.2, 0) is 4.79 Å². The largest absolute Gasteiger partial charge is 0.423 e. The molecule has 0 unspecified atom stereocenters. The van der Waals surface area contributed by atoms with Gasteiger partial charge in [0.2, 0.25) is 5.91 Å². The third kappa shape index (κ3) is 3.89. The topological polar surface area (TPSA) is 55.4 Å². The Bertz CT molecular complexity index is 680. The summed E-state index contributed by atoms with van der Waals surface area (Å²) in [5.74, 6) is -0.961. The Balaban J connectivity index is 2.08. The van der Waals surface area contributed by atoms with Crippen LogP contribution in [0.1, 0.15) is 22.8 Å². The number of hydrogen-bond acceptors (Lipinski definition) is 3. The van der Waals surface area contributed by atoms with Crippen molar-refractivity contribution >= 4 is 17.6 Å². The van der Waals surface area contributed by atoms with Gasteiger partial charge in [0.05, 0.1) is 5.56 Å². The van der Waals surface area contributed by atoms with Gasteiger partial charge in [0, 0.05) is 12.6 Å². The Labute approximate surface area is 121 Å². The maximum Gasteiger partial charge on any atom is 0.343 e. The summed E-state index contributed by atoms with van der Waals surface area (Å²) in [7, 11) is 0. The normalized spacial score (nSPS) is 10.0. The number of benzene rings is 2. The molecule has 1 N–H and O–H groups in total. The average molecular weight is 287 g/mol. The van der Waals surface area contributed by atoms with Crippen LogP contribution in [0.25, 0.3) is 0 Å². The van der Waals surface area contributed by atoms with Crippen LogP contribution in [0.15, 0.2) is 42.5 Å². The summed E-state index contributed by atoms with van der Waals surface area (Å²) < 4.78 is 18.5. The van der Waals surface area contributed by atoms with E-state index >= 15 is 0 Å². The summed E-state index contributed by atoms with van der Waals surface area (Å²) in [6, 6.07) is 10.5. The molecule has 2 rings (SSSR count). The summed E-state index contributed by atoms with van der Waals surface area (Å²) >= 11 is 0. The van der Waals surface area contributed by atoms with Crippen molar-refractivity contribution in [1.82, 2.24) is 0 Å². The minimum absolute atomic E-state index is 0.143. The van der Waals surface area contributed by atoms with E-state index in [-0.39, 0.29) is 11.5 Å². The second kappa shape index (κ2) is 6.17. The zero-order valence-corrected chi connectivity index (χ0v) is 11.6. The van der Waals surface area contributed by atoms with Gasteiger partial charge in [0.1, 0.15) is 11.6 Å². The molecule has 0 spiro atoms. The van der Waals surface area contributed by atoms with Crippen LogP contribution in [0.3, 0.4) is 0 Å². The van der Waals surface area contributed by atoms with Crippen LogP contribution in [0.5, 0.6) is 5.75 Å². The van der Waals surface area contributed by atoms with E-state index in [1.54, 1.807) is 31.2 Å². The zero-order chi connectivity index (χ0) is 15.4. The van der Waals surface area contributed by atoms with Crippen molar-refractivity contribution in [3.05, 3.63) is 59.4 Å². The zero-order valence-electron chi connectivity index (χ0n) is 11.6. The highest BCUT2D eigenvalue weighted by atomic mass is 19.1. The molecular formula is C16H14FNO3. The van der Waals surface area contributed by atoms with Crippen LogP contribution in [0.2, 0.25) is 0 Å². The molecule has 0 fully saturated rings. The number of carbonyl (C=O) groups excluding carboxylic acids is 2. The number of rotatable bonds is 3. The van der Waals surface area contributed by atoms with Crippen molar-refractivity contribution in [1.29, 1.82) is 0 Å². The number of hydrogen-bond donors (Lipinski definition) is 1. The maximum atomic E-state index is 13.4. The molecule has 0 radical (unpaired) electrons. The van der Waals surface area contributed by atoms with Gasteiger partial charge in [0.15, 0.2) is 0 Å². The first kappa shape index (κ1) is 14.7. The van der Waals surface area contributed by atoms with Crippen LogP contribution in [-0.4, -0.2) is 11.9 Å². The number of anilines is 1. The van der Waals surface area contributed by atoms with Crippen molar-refractivity contribution in [2.24, 2.45) is 0 Å². The molecule has 2 aromatic carbocycles. The molecule has 0 aliphatic carbocycles. The highest BCUT2D eigenvalue weighted by Crippen LogP contribution is 2.18. The highest BCUT2D eigenvalue weighted by molar-refractivity contribution is 5.91. The summed E-state index contributed by atoms with van der Waals surface area (Å²) in [6.45, 7) is 3.02. The van der Waals surface area contributed by atoms with Gasteiger partial charge in [-0.1, -0.05) is 6.07 Å². The molecule has 21 heavy (non-hydrogen) atoms. The molecule has 108 valence electrons. The minimum Gasteiger partial charge on any atom is -0.423 e. The van der Waals surface area contributed by atoms with Crippen LogP contribution in [0.4, 0.5) is 10.1 Å². The van der Waals surface area contributed by atoms with E-state index in [1.807, 2.05) is 0 Å². The van der Waals surface area contributed by atoms with E-state index in [2.05, 4.69) is 5.32 Å². The van der Waals surface area contributed by atoms with E-state index < -0.39 is 11.8 Å². The molecule has 0 aromatic heterocycles. The molecule has 0 saturated heterocycles. The number of halogens is 1. The first-order valence-electron chi connectivity index (χ1n) is 6.31. The third-order valence-electron chi connectivity index (χ3n) is 2.79. The van der Waals surface area contributed by atoms with E-state index in [0.29, 0.717) is 17.0 Å². The van der Waals surface area contributed by atoms with E-state index in [9.17, 15) is 14.0 Å². The van der Waals surface area contributed by atoms with E-state index in [0.717, 1.165) is 6.07 Å². The SMILES string of the molecule is CC(=O)Nc1ccc(OC(=O)c2ccc(C)c(F)c2)cc1. The Morgan fingerprint density at radius 2 is 1.76 bits per heavy atom. The fourth-order valence-corrected chi connectivity index (χ4v) is 1.70. The molecule has 4 nitrogen and oxygen atoms in total. The van der Waals surface area contributed by atoms with Gasteiger partial charge in [0.25, 0.3) is 0 Å². The van der Waals surface area contributed by atoms with E-state index in [1.165, 1.54) is 19.1 Å². The first-order valence-corrected chi connectivity index (χ1v) is 6.31. The fraction of sp³-hybridized carbons (Fsp3) is 0.125. The number of aryl methyl sites for hydroxylation is 1. The average Bonchev–Trinajstić information content (AvgIpc) is 2.43. The molecular weight excluding hydrogens is 273 g/mol. The van der Waals surface area contributed by atoms with E-state index in [4.69, 9.17) is 4.74 Å². The second-order valence-electron chi connectivity index (χ2n) is 4.56. The summed E-state index contributed by atoms with van der Waals surface area (Å²) in [6.07, 6.45) is 0. The predicted molar refractivity (Wildman–Crippen MR) is 76.8 cm³/mol. The van der Waals surface area contributed by atoms with Crippen LogP contribution < -0.4 is 10.1 Å². The van der Waals surface area contributed by atoms with Crippen molar-refractivity contribution in [3.8, 4) is 5.75 Å². The number of carbonyl (C=O) groups is 2. The molecule has 2 aromatic rings. The number of ether oxygens (including phenoxy) is 1. The number of nitrogens with one attached hydrogen (secondary N) is 1. The predicted octanol–water partition coefficient (Wildman–Crippen LogP) is 3.31. The van der Waals surface area contributed by atoms with Gasteiger partial charge in [-0.25, -0.2) is 9.18 Å². The molecule has 0 heterocycles. The van der Waals surface area contributed by atoms with Crippen molar-refractivity contribution in [2.75, 3.05) is 5.32 Å². The van der Waals surface area contributed by atoms with Gasteiger partial charge >= 0.3 is 5.97 Å². The Kier molecular flexibility index (Phi) is 4.33. The lowest BCUT2D eigenvalue weighted by molar-refractivity contribution is -0.114. The van der Waals surface area contributed by atoms with Crippen LogP contribution >= 0.6 is 0 Å².